The molecular formula is C36H36ClPRu. The second-order valence-electron chi connectivity index (χ2n) is 9.19. The van der Waals surface area contributed by atoms with Crippen LogP contribution in [0.25, 0.3) is 6.08 Å². The first kappa shape index (κ1) is 30.9. The third kappa shape index (κ3) is 9.21. The van der Waals surface area contributed by atoms with Crippen molar-refractivity contribution in [1.82, 2.24) is 0 Å². The minimum Gasteiger partial charge on any atom is -0.0622 e. The maximum Gasteiger partial charge on any atom is -0.0134 e. The fourth-order valence-electron chi connectivity index (χ4n) is 4.21. The number of hydrogen-bond acceptors (Lipinski definition) is 0. The Bertz CT molecular complexity index is 1300. The van der Waals surface area contributed by atoms with Crippen LogP contribution in [0, 0.1) is 5.92 Å². The molecule has 200 valence electrons. The van der Waals surface area contributed by atoms with Gasteiger partial charge in [0.05, 0.1) is 0 Å². The summed E-state index contributed by atoms with van der Waals surface area (Å²) in [6.07, 6.45) is 1.92. The van der Waals surface area contributed by atoms with Crippen molar-refractivity contribution in [1.29, 1.82) is 0 Å². The number of hydrogen-bond donors (Lipinski definition) is 0. The van der Waals surface area contributed by atoms with Crippen molar-refractivity contribution in [2.45, 2.75) is 34.6 Å². The Morgan fingerprint density at radius 2 is 0.846 bits per heavy atom. The van der Waals surface area contributed by atoms with Crippen molar-refractivity contribution in [3.63, 3.8) is 0 Å². The number of halogens is 1. The Labute approximate surface area is 248 Å². The van der Waals surface area contributed by atoms with E-state index in [-0.39, 0.29) is 15.7 Å². The van der Waals surface area contributed by atoms with E-state index in [0.29, 0.717) is 0 Å². The van der Waals surface area contributed by atoms with Crippen LogP contribution in [-0.2, 0) is 15.7 Å². The van der Waals surface area contributed by atoms with Crippen LogP contribution in [0.4, 0.5) is 0 Å². The molecule has 0 unspecified atom stereocenters. The third-order valence-corrected chi connectivity index (χ3v) is 10.3. The van der Waals surface area contributed by atoms with Gasteiger partial charge in [0.25, 0.3) is 0 Å². The molecule has 0 spiro atoms. The minimum absolute atomic E-state index is 0.205. The maximum absolute atomic E-state index is 5.50. The van der Waals surface area contributed by atoms with Crippen molar-refractivity contribution in [3.05, 3.63) is 155 Å². The van der Waals surface area contributed by atoms with Gasteiger partial charge in [-0.25, -0.2) is 0 Å². The first-order valence-corrected chi connectivity index (χ1v) is 17.4. The maximum atomic E-state index is 5.50. The standard InChI is InChI=1S/C18H15P.C10H15.C8H6.ClH.Ru/c1-4-10-16(11-5-1)19(17-12-6-2-7-13-17)18-14-8-3-9-15-18;1-6-7(2)9(4)10(5)8(6)3;1-2-8-6-4-3-5-7-8;;/h1-15H;1-5H3;2-7H;1H;/q;;;;+1/p-1. The van der Waals surface area contributed by atoms with Crippen LogP contribution in [-0.4, -0.2) is 4.26 Å². The van der Waals surface area contributed by atoms with Gasteiger partial charge >= 0.3 is 71.6 Å². The molecule has 0 N–H and O–H groups in total. The molecule has 0 saturated carbocycles. The molecule has 0 bridgehead atoms. The molecule has 4 aromatic carbocycles. The average molecular weight is 636 g/mol. The van der Waals surface area contributed by atoms with Gasteiger partial charge in [0.2, 0.25) is 0 Å². The largest absolute Gasteiger partial charge is 0.0622 e. The molecule has 0 aromatic heterocycles. The van der Waals surface area contributed by atoms with Crippen LogP contribution in [0.1, 0.15) is 40.2 Å². The van der Waals surface area contributed by atoms with Gasteiger partial charge in [-0.05, 0) is 62.7 Å². The summed E-state index contributed by atoms with van der Waals surface area (Å²) >= 11 is -0.205. The minimum atomic E-state index is -0.446. The summed E-state index contributed by atoms with van der Waals surface area (Å²) in [7, 11) is 5.05. The van der Waals surface area contributed by atoms with Gasteiger partial charge in [0.1, 0.15) is 0 Å². The van der Waals surface area contributed by atoms with Crippen LogP contribution in [0.3, 0.4) is 0 Å². The van der Waals surface area contributed by atoms with Gasteiger partial charge in [-0.15, -0.1) is 0 Å². The van der Waals surface area contributed by atoms with E-state index >= 15 is 0 Å². The summed E-state index contributed by atoms with van der Waals surface area (Å²) in [5, 5.41) is 4.19. The molecule has 0 nitrogen and oxygen atoms in total. The van der Waals surface area contributed by atoms with Crippen molar-refractivity contribution in [2.24, 2.45) is 0 Å². The molecular weight excluding hydrogens is 600 g/mol. The molecule has 0 amide bonds. The molecule has 0 fully saturated rings. The normalized spacial score (nSPS) is 12.8. The van der Waals surface area contributed by atoms with E-state index in [1.165, 1.54) is 44.1 Å². The van der Waals surface area contributed by atoms with E-state index in [1.807, 2.05) is 36.4 Å². The zero-order valence-corrected chi connectivity index (χ0v) is 26.7. The number of rotatable bonds is 4. The molecule has 0 aliphatic heterocycles. The molecule has 1 aliphatic carbocycles. The van der Waals surface area contributed by atoms with E-state index in [1.54, 1.807) is 0 Å². The van der Waals surface area contributed by atoms with Crippen molar-refractivity contribution >= 4 is 43.9 Å². The summed E-state index contributed by atoms with van der Waals surface area (Å²) in [4.78, 5) is 0. The SMILES string of the molecule is C[C]1C(C)=C(C)C(C)=C1C.[Cl][Ru]=[C]=Cc1ccccc1.c1ccc(P(c2ccccc2)c2ccccc2)cc1. The molecule has 4 aromatic rings. The van der Waals surface area contributed by atoms with Gasteiger partial charge in [-0.3, -0.25) is 0 Å². The monoisotopic (exact) mass is 636 g/mol. The first-order chi connectivity index (χ1) is 18.9. The summed E-state index contributed by atoms with van der Waals surface area (Å²) < 4.78 is 2.99. The smallest absolute Gasteiger partial charge is 0.0134 e. The average Bonchev–Trinajstić information content (AvgIpc) is 3.16. The third-order valence-electron chi connectivity index (χ3n) is 6.91. The molecule has 39 heavy (non-hydrogen) atoms. The van der Waals surface area contributed by atoms with Gasteiger partial charge in [0.15, 0.2) is 0 Å². The summed E-state index contributed by atoms with van der Waals surface area (Å²) in [5.74, 6) is 1.47. The summed E-state index contributed by atoms with van der Waals surface area (Å²) in [6.45, 7) is 11.0. The zero-order chi connectivity index (χ0) is 28.0. The second kappa shape index (κ2) is 16.5. The topological polar surface area (TPSA) is 0 Å². The number of allylic oxidation sites excluding steroid dienone is 4. The van der Waals surface area contributed by atoms with Gasteiger partial charge in [-0.2, -0.15) is 0 Å². The quantitative estimate of drug-likeness (QED) is 0.155. The van der Waals surface area contributed by atoms with Gasteiger partial charge in [-0.1, -0.05) is 109 Å². The van der Waals surface area contributed by atoms with Crippen LogP contribution < -0.4 is 15.9 Å². The van der Waals surface area contributed by atoms with Crippen LogP contribution >= 0.6 is 17.6 Å². The van der Waals surface area contributed by atoms with Crippen LogP contribution in [0.15, 0.2) is 144 Å². The Balaban J connectivity index is 0.000000178. The summed E-state index contributed by atoms with van der Waals surface area (Å²) in [5.41, 5.74) is 7.03. The predicted molar refractivity (Wildman–Crippen MR) is 173 cm³/mol. The Morgan fingerprint density at radius 3 is 1.13 bits per heavy atom. The Hall–Kier alpha value is -2.65. The number of benzene rings is 4. The van der Waals surface area contributed by atoms with Gasteiger partial charge < -0.3 is 0 Å². The summed E-state index contributed by atoms with van der Waals surface area (Å²) in [6, 6.07) is 42.4. The zero-order valence-electron chi connectivity index (χ0n) is 23.3. The fraction of sp³-hybridized carbons (Fsp3) is 0.139. The molecule has 1 radical (unpaired) electrons. The van der Waals surface area contributed by atoms with E-state index in [0.717, 1.165) is 5.56 Å². The molecule has 5 rings (SSSR count). The molecule has 0 saturated heterocycles. The van der Waals surface area contributed by atoms with E-state index < -0.39 is 7.92 Å². The van der Waals surface area contributed by atoms with Crippen molar-refractivity contribution in [3.8, 4) is 0 Å². The molecule has 1 aliphatic rings. The Morgan fingerprint density at radius 1 is 0.513 bits per heavy atom. The van der Waals surface area contributed by atoms with E-state index in [9.17, 15) is 0 Å². The van der Waals surface area contributed by atoms with E-state index in [4.69, 9.17) is 9.69 Å². The predicted octanol–water partition coefficient (Wildman–Crippen LogP) is 9.05. The van der Waals surface area contributed by atoms with Crippen LogP contribution in [0.5, 0.6) is 0 Å². The molecule has 0 heterocycles. The Kier molecular flexibility index (Phi) is 13.0. The van der Waals surface area contributed by atoms with E-state index in [2.05, 4.69) is 130 Å². The molecule has 0 atom stereocenters. The molecule has 3 heteroatoms. The second-order valence-corrected chi connectivity index (χ2v) is 13.0. The van der Waals surface area contributed by atoms with Gasteiger partial charge in [0, 0.05) is 5.92 Å². The van der Waals surface area contributed by atoms with Crippen molar-refractivity contribution < 1.29 is 15.7 Å². The van der Waals surface area contributed by atoms with Crippen molar-refractivity contribution in [2.75, 3.05) is 0 Å². The fourth-order valence-corrected chi connectivity index (χ4v) is 7.13. The first-order valence-electron chi connectivity index (χ1n) is 13.0. The van der Waals surface area contributed by atoms with Crippen LogP contribution in [0.2, 0.25) is 0 Å².